The van der Waals surface area contributed by atoms with Gasteiger partial charge in [-0.25, -0.2) is 4.79 Å². The van der Waals surface area contributed by atoms with Crippen molar-refractivity contribution in [3.63, 3.8) is 0 Å². The quantitative estimate of drug-likeness (QED) is 0.249. The van der Waals surface area contributed by atoms with E-state index in [-0.39, 0.29) is 12.2 Å². The van der Waals surface area contributed by atoms with Crippen LogP contribution in [-0.2, 0) is 38.2 Å². The molecule has 10 nitrogen and oxygen atoms in total. The molecular weight excluding hydrogens is 380 g/mol. The van der Waals surface area contributed by atoms with Gasteiger partial charge in [0.25, 0.3) is 16.6 Å². The lowest BCUT2D eigenvalue weighted by molar-refractivity contribution is -0.141. The maximum Gasteiger partial charge on any atom is 0.328 e. The first-order valence-corrected chi connectivity index (χ1v) is 9.97. The molecule has 27 heavy (non-hydrogen) atoms. The van der Waals surface area contributed by atoms with Crippen LogP contribution < -0.4 is 11.1 Å². The summed E-state index contributed by atoms with van der Waals surface area (Å²) in [6, 6.07) is -1.29. The number of cyclic esters (lactones) is 1. The Morgan fingerprint density at radius 2 is 2.00 bits per heavy atom. The molecule has 0 aromatic rings. The van der Waals surface area contributed by atoms with Crippen molar-refractivity contribution >= 4 is 28.5 Å². The summed E-state index contributed by atoms with van der Waals surface area (Å²) in [6.45, 7) is 7.74. The Morgan fingerprint density at radius 3 is 2.33 bits per heavy atom. The van der Waals surface area contributed by atoms with E-state index < -0.39 is 40.2 Å². The third-order valence-electron chi connectivity index (χ3n) is 2.89. The highest BCUT2D eigenvalue weighted by atomic mass is 32.2. The maximum atomic E-state index is 11.6. The van der Waals surface area contributed by atoms with E-state index in [1.807, 2.05) is 20.8 Å². The average Bonchev–Trinajstić information content (AvgIpc) is 2.86. The van der Waals surface area contributed by atoms with Crippen LogP contribution in [0.15, 0.2) is 12.2 Å². The molecule has 0 radical (unpaired) electrons. The zero-order valence-corrected chi connectivity index (χ0v) is 16.9. The van der Waals surface area contributed by atoms with Gasteiger partial charge in [-0.3, -0.25) is 13.8 Å². The van der Waals surface area contributed by atoms with Gasteiger partial charge in [0.15, 0.2) is 0 Å². The summed E-state index contributed by atoms with van der Waals surface area (Å²) in [6.07, 6.45) is 2.68. The number of esters is 1. The Morgan fingerprint density at radius 1 is 1.41 bits per heavy atom. The van der Waals surface area contributed by atoms with E-state index in [2.05, 4.69) is 10.1 Å². The molecule has 1 heterocycles. The third kappa shape index (κ3) is 12.9. The van der Waals surface area contributed by atoms with E-state index in [0.29, 0.717) is 12.9 Å². The van der Waals surface area contributed by atoms with E-state index in [1.165, 1.54) is 6.08 Å². The Balaban J connectivity index is 0.000000821. The molecule has 3 N–H and O–H groups in total. The monoisotopic (exact) mass is 408 g/mol. The van der Waals surface area contributed by atoms with E-state index in [0.717, 1.165) is 12.3 Å². The van der Waals surface area contributed by atoms with Crippen molar-refractivity contribution in [2.24, 2.45) is 5.73 Å². The lowest BCUT2D eigenvalue weighted by Gasteiger charge is -2.15. The van der Waals surface area contributed by atoms with E-state index in [1.54, 1.807) is 6.92 Å². The van der Waals surface area contributed by atoms with Crippen LogP contribution in [0.3, 0.4) is 0 Å². The molecule has 1 aliphatic heterocycles. The van der Waals surface area contributed by atoms with Crippen LogP contribution in [-0.4, -0.2) is 63.4 Å². The molecule has 1 amide bonds. The molecule has 1 fully saturated rings. The van der Waals surface area contributed by atoms with Crippen molar-refractivity contribution in [2.75, 3.05) is 12.9 Å². The Labute approximate surface area is 159 Å². The summed E-state index contributed by atoms with van der Waals surface area (Å²) in [5.41, 5.74) is 5.25. The van der Waals surface area contributed by atoms with Crippen LogP contribution in [0, 0.1) is 0 Å². The summed E-state index contributed by atoms with van der Waals surface area (Å²) in [4.78, 5) is 32.3. The summed E-state index contributed by atoms with van der Waals surface area (Å²) in [5, 5.41) is 2.44. The molecule has 3 atom stereocenters. The zero-order chi connectivity index (χ0) is 21.3. The molecule has 1 saturated heterocycles. The van der Waals surface area contributed by atoms with E-state index in [9.17, 15) is 22.8 Å². The van der Waals surface area contributed by atoms with E-state index >= 15 is 0 Å². The smallest absolute Gasteiger partial charge is 0.328 e. The molecule has 156 valence electrons. The molecule has 0 aromatic heterocycles. The van der Waals surface area contributed by atoms with Crippen LogP contribution in [0.1, 0.15) is 34.1 Å². The molecule has 0 bridgehead atoms. The summed E-state index contributed by atoms with van der Waals surface area (Å²) in [7, 11) is -3.68. The van der Waals surface area contributed by atoms with Crippen molar-refractivity contribution < 1.29 is 36.5 Å². The Bertz CT molecular complexity index is 637. The molecule has 2 unspecified atom stereocenters. The van der Waals surface area contributed by atoms with Gasteiger partial charge >= 0.3 is 5.97 Å². The number of rotatable bonds is 7. The van der Waals surface area contributed by atoms with Crippen LogP contribution in [0.4, 0.5) is 0 Å². The predicted octanol–water partition coefficient (Wildman–Crippen LogP) is -0.376. The minimum Gasteiger partial charge on any atom is -0.464 e. The predicted molar refractivity (Wildman–Crippen MR) is 96.9 cm³/mol. The number of carbonyl (C=O) groups excluding carboxylic acids is 3. The number of hydrogen-bond acceptors (Lipinski definition) is 9. The first-order valence-electron chi connectivity index (χ1n) is 8.16. The fourth-order valence-electron chi connectivity index (χ4n) is 1.67. The highest BCUT2D eigenvalue weighted by molar-refractivity contribution is 7.86. The fraction of sp³-hybridized carbons (Fsp3) is 0.688. The van der Waals surface area contributed by atoms with Crippen LogP contribution >= 0.6 is 0 Å². The van der Waals surface area contributed by atoms with Gasteiger partial charge in [0.1, 0.15) is 17.7 Å². The van der Waals surface area contributed by atoms with Gasteiger partial charge < -0.3 is 20.5 Å². The van der Waals surface area contributed by atoms with Gasteiger partial charge in [0.05, 0.1) is 12.9 Å². The molecule has 0 saturated carbocycles. The zero-order valence-electron chi connectivity index (χ0n) is 16.1. The third-order valence-corrected chi connectivity index (χ3v) is 3.47. The van der Waals surface area contributed by atoms with Crippen molar-refractivity contribution in [3.05, 3.63) is 12.2 Å². The maximum absolute atomic E-state index is 11.6. The number of nitrogens with two attached hydrogens (primary N) is 1. The molecule has 0 aromatic carbocycles. The lowest BCUT2D eigenvalue weighted by Crippen LogP contribution is -2.38. The number of hydrogen-bond donors (Lipinski definition) is 2. The number of ether oxygens (including phenoxy) is 2. The van der Waals surface area contributed by atoms with Crippen molar-refractivity contribution in [1.29, 1.82) is 0 Å². The molecule has 1 aliphatic rings. The van der Waals surface area contributed by atoms with Crippen molar-refractivity contribution in [2.45, 2.75) is 57.9 Å². The van der Waals surface area contributed by atoms with Gasteiger partial charge in [0.2, 0.25) is 5.91 Å². The topological polar surface area (TPSA) is 151 Å². The average molecular weight is 408 g/mol. The second-order valence-corrected chi connectivity index (χ2v) is 8.43. The Hall–Kier alpha value is -1.98. The van der Waals surface area contributed by atoms with Gasteiger partial charge in [-0.05, 0) is 33.8 Å². The van der Waals surface area contributed by atoms with Crippen molar-refractivity contribution in [3.8, 4) is 0 Å². The first kappa shape index (κ1) is 25.0. The molecule has 0 spiro atoms. The summed E-state index contributed by atoms with van der Waals surface area (Å²) >= 11 is 0. The Kier molecular flexibility index (Phi) is 10.2. The van der Waals surface area contributed by atoms with Gasteiger partial charge in [-0.2, -0.15) is 8.42 Å². The van der Waals surface area contributed by atoms with Gasteiger partial charge in [-0.15, -0.1) is 0 Å². The highest BCUT2D eigenvalue weighted by Crippen LogP contribution is 2.07. The standard InChI is InChI=1S/C11H18N2O6S.C5H10O2/c1-7(12)9(19-20(2,16)17)3-4-10(14)13-8-5-6-18-11(8)15;1-5(2,3)7-4-6/h3-4,7-9H,5-6,12H2,1-2H3,(H,13,14);4H,1-3H3/b4-3+;/t7-,8?,9?;/m0./s1. The normalized spacial score (nSPS) is 19.5. The van der Waals surface area contributed by atoms with Gasteiger partial charge in [0, 0.05) is 18.5 Å². The summed E-state index contributed by atoms with van der Waals surface area (Å²) in [5.74, 6) is -1.03. The van der Waals surface area contributed by atoms with E-state index in [4.69, 9.17) is 14.7 Å². The SMILES string of the molecule is CC(C)(C)OC=O.C[C@H](N)C(/C=C/C(=O)NC1CCOC1=O)OS(C)(=O)=O. The van der Waals surface area contributed by atoms with Crippen molar-refractivity contribution in [1.82, 2.24) is 5.32 Å². The second kappa shape index (κ2) is 11.0. The molecule has 0 aliphatic carbocycles. The lowest BCUT2D eigenvalue weighted by atomic mass is 10.2. The van der Waals surface area contributed by atoms with Crippen LogP contribution in [0.5, 0.6) is 0 Å². The summed E-state index contributed by atoms with van der Waals surface area (Å²) < 4.78 is 36.1. The second-order valence-electron chi connectivity index (χ2n) is 6.83. The number of amides is 1. The number of carbonyl (C=O) groups is 3. The minimum atomic E-state index is -3.68. The minimum absolute atomic E-state index is 0.271. The van der Waals surface area contributed by atoms with Crippen LogP contribution in [0.2, 0.25) is 0 Å². The largest absolute Gasteiger partial charge is 0.464 e. The first-order chi connectivity index (χ1) is 12.2. The molecular formula is C16H28N2O8S. The fourth-order valence-corrected chi connectivity index (χ4v) is 2.31. The molecule has 1 rings (SSSR count). The van der Waals surface area contributed by atoms with Gasteiger partial charge in [-0.1, -0.05) is 0 Å². The van der Waals surface area contributed by atoms with Crippen LogP contribution in [0.25, 0.3) is 0 Å². The molecule has 11 heteroatoms. The highest BCUT2D eigenvalue weighted by Gasteiger charge is 2.27. The number of nitrogens with one attached hydrogen (secondary N) is 1.